The molecule has 2 heterocycles. The van der Waals surface area contributed by atoms with Crippen LogP contribution in [0.25, 0.3) is 22.3 Å². The Morgan fingerprint density at radius 1 is 1.16 bits per heavy atom. The smallest absolute Gasteiger partial charge is 0.416 e. The van der Waals surface area contributed by atoms with E-state index < -0.39 is 35.9 Å². The molecule has 0 fully saturated rings. The molecular weight excluding hydrogens is 495 g/mol. The number of amides is 1. The molecule has 4 rings (SSSR count). The van der Waals surface area contributed by atoms with Gasteiger partial charge in [0.1, 0.15) is 18.5 Å². The fraction of sp³-hybridized carbons (Fsp3) is 0.208. The van der Waals surface area contributed by atoms with Crippen LogP contribution < -0.4 is 15.6 Å². The van der Waals surface area contributed by atoms with Crippen molar-refractivity contribution in [3.63, 3.8) is 0 Å². The summed E-state index contributed by atoms with van der Waals surface area (Å²) in [6, 6.07) is 8.73. The van der Waals surface area contributed by atoms with E-state index in [1.54, 1.807) is 0 Å². The highest BCUT2D eigenvalue weighted by Gasteiger charge is 2.31. The summed E-state index contributed by atoms with van der Waals surface area (Å²) in [4.78, 5) is 38.5. The number of nitrogens with one attached hydrogen (secondary N) is 1. The summed E-state index contributed by atoms with van der Waals surface area (Å²) in [5.74, 6) is -0.799. The van der Waals surface area contributed by atoms with Crippen LogP contribution in [-0.4, -0.2) is 55.0 Å². The van der Waals surface area contributed by atoms with Gasteiger partial charge in [-0.15, -0.1) is 0 Å². The second-order valence-corrected chi connectivity index (χ2v) is 7.92. The average Bonchev–Trinajstić information content (AvgIpc) is 2.88. The van der Waals surface area contributed by atoms with E-state index >= 15 is 0 Å². The highest BCUT2D eigenvalue weighted by atomic mass is 19.4. The molecule has 1 amide bonds. The number of nitrogens with zero attached hydrogens (tertiary/aromatic N) is 4. The van der Waals surface area contributed by atoms with E-state index in [2.05, 4.69) is 20.3 Å². The highest BCUT2D eigenvalue weighted by Crippen LogP contribution is 2.32. The van der Waals surface area contributed by atoms with Gasteiger partial charge in [-0.2, -0.15) is 18.2 Å². The second-order valence-electron chi connectivity index (χ2n) is 7.92. The lowest BCUT2D eigenvalue weighted by molar-refractivity contribution is -0.137. The maximum Gasteiger partial charge on any atom is 0.416 e. The van der Waals surface area contributed by atoms with E-state index in [1.807, 2.05) is 0 Å². The van der Waals surface area contributed by atoms with E-state index in [-0.39, 0.29) is 46.2 Å². The van der Waals surface area contributed by atoms with Gasteiger partial charge in [-0.3, -0.25) is 19.1 Å². The molecule has 0 spiro atoms. The van der Waals surface area contributed by atoms with Gasteiger partial charge >= 0.3 is 6.18 Å². The molecule has 0 saturated heterocycles. The van der Waals surface area contributed by atoms with Gasteiger partial charge in [-0.05, 0) is 24.3 Å². The van der Waals surface area contributed by atoms with Gasteiger partial charge in [0, 0.05) is 12.6 Å². The van der Waals surface area contributed by atoms with Crippen molar-refractivity contribution < 1.29 is 32.9 Å². The van der Waals surface area contributed by atoms with Gasteiger partial charge in [-0.1, -0.05) is 18.2 Å². The molecule has 3 N–H and O–H groups in total. The van der Waals surface area contributed by atoms with Crippen molar-refractivity contribution in [1.82, 2.24) is 19.5 Å². The zero-order valence-electron chi connectivity index (χ0n) is 19.2. The fourth-order valence-corrected chi connectivity index (χ4v) is 3.47. The Balaban J connectivity index is 1.72. The van der Waals surface area contributed by atoms with Crippen LogP contribution >= 0.6 is 0 Å². The van der Waals surface area contributed by atoms with E-state index in [9.17, 15) is 27.9 Å². The number of fused-ring (bicyclic) bond motifs is 1. The Labute approximate surface area is 207 Å². The number of hydrogen-bond donors (Lipinski definition) is 3. The molecule has 2 aromatic carbocycles. The molecule has 2 aromatic heterocycles. The summed E-state index contributed by atoms with van der Waals surface area (Å²) in [6.07, 6.45) is -3.24. The van der Waals surface area contributed by atoms with Crippen LogP contribution in [0.5, 0.6) is 5.88 Å². The number of benzene rings is 2. The maximum absolute atomic E-state index is 13.2. The van der Waals surface area contributed by atoms with Gasteiger partial charge in [-0.25, -0.2) is 4.98 Å². The topological polar surface area (TPSA) is 139 Å². The number of rotatable bonds is 7. The van der Waals surface area contributed by atoms with Crippen molar-refractivity contribution in [2.24, 2.45) is 7.05 Å². The van der Waals surface area contributed by atoms with Crippen LogP contribution in [-0.2, 0) is 13.2 Å². The number of hydrogen-bond acceptors (Lipinski definition) is 8. The summed E-state index contributed by atoms with van der Waals surface area (Å²) >= 11 is 0. The zero-order valence-corrected chi connectivity index (χ0v) is 19.2. The second kappa shape index (κ2) is 10.3. The molecule has 1 unspecified atom stereocenters. The number of para-hydroxylation sites is 1. The van der Waals surface area contributed by atoms with Crippen LogP contribution in [0.2, 0.25) is 0 Å². The molecule has 192 valence electrons. The highest BCUT2D eigenvalue weighted by molar-refractivity contribution is 6.11. The molecular formula is C24H20F3N5O5. The summed E-state index contributed by atoms with van der Waals surface area (Å²) in [6.45, 7) is -0.767. The number of carbonyl (C=O) groups excluding carboxylic acids is 1. The van der Waals surface area contributed by atoms with Crippen molar-refractivity contribution in [3.8, 4) is 17.3 Å². The minimum atomic E-state index is -4.59. The summed E-state index contributed by atoms with van der Waals surface area (Å²) in [5.41, 5.74) is -1.44. The first-order valence-corrected chi connectivity index (χ1v) is 10.8. The van der Waals surface area contributed by atoms with E-state index in [1.165, 1.54) is 49.8 Å². The molecule has 0 bridgehead atoms. The Hall–Kier alpha value is -4.36. The monoisotopic (exact) mass is 515 g/mol. The molecule has 1 atom stereocenters. The summed E-state index contributed by atoms with van der Waals surface area (Å²) < 4.78 is 46.1. The lowest BCUT2D eigenvalue weighted by Gasteiger charge is -2.14. The van der Waals surface area contributed by atoms with Crippen molar-refractivity contribution in [3.05, 3.63) is 76.3 Å². The number of carbonyl (C=O) groups is 1. The minimum Gasteiger partial charge on any atom is -0.474 e. The van der Waals surface area contributed by atoms with Gasteiger partial charge in [0.05, 0.1) is 41.0 Å². The van der Waals surface area contributed by atoms with Gasteiger partial charge < -0.3 is 20.3 Å². The molecule has 10 nitrogen and oxygen atoms in total. The first kappa shape index (κ1) is 25.7. The van der Waals surface area contributed by atoms with Crippen LogP contribution in [0.4, 0.5) is 19.0 Å². The molecule has 0 aliphatic carbocycles. The summed E-state index contributed by atoms with van der Waals surface area (Å²) in [7, 11) is 1.38. The Morgan fingerprint density at radius 2 is 1.92 bits per heavy atom. The van der Waals surface area contributed by atoms with Gasteiger partial charge in [0.2, 0.25) is 5.88 Å². The molecule has 0 aliphatic rings. The zero-order chi connectivity index (χ0) is 26.7. The van der Waals surface area contributed by atoms with Gasteiger partial charge in [0.15, 0.2) is 5.82 Å². The number of ether oxygens (including phenoxy) is 1. The first-order chi connectivity index (χ1) is 17.6. The first-order valence-electron chi connectivity index (χ1n) is 10.8. The third-order valence-electron chi connectivity index (χ3n) is 5.29. The normalized spacial score (nSPS) is 12.4. The maximum atomic E-state index is 13.2. The van der Waals surface area contributed by atoms with Crippen LogP contribution in [0.15, 0.2) is 59.7 Å². The SMILES string of the molecule is Cn1c(-c2cccc(C(F)(F)F)c2)nc2c(C(=O)Nc3cncc(OCC(O)CO)n3)cccc2c1=O. The largest absolute Gasteiger partial charge is 0.474 e. The molecule has 0 radical (unpaired) electrons. The van der Waals surface area contributed by atoms with Gasteiger partial charge in [0.25, 0.3) is 11.5 Å². The third kappa shape index (κ3) is 5.57. The van der Waals surface area contributed by atoms with E-state index in [0.29, 0.717) is 0 Å². The predicted octanol–water partition coefficient (Wildman–Crippen LogP) is 2.39. The molecule has 4 aromatic rings. The Bertz CT molecular complexity index is 1520. The van der Waals surface area contributed by atoms with Crippen molar-refractivity contribution in [2.45, 2.75) is 12.3 Å². The number of anilines is 1. The number of aromatic nitrogens is 4. The summed E-state index contributed by atoms with van der Waals surface area (Å²) in [5, 5.41) is 20.9. The van der Waals surface area contributed by atoms with Crippen molar-refractivity contribution in [2.75, 3.05) is 18.5 Å². The lowest BCUT2D eigenvalue weighted by atomic mass is 10.1. The lowest BCUT2D eigenvalue weighted by Crippen LogP contribution is -2.23. The average molecular weight is 515 g/mol. The van der Waals surface area contributed by atoms with Crippen LogP contribution in [0, 0.1) is 0 Å². The van der Waals surface area contributed by atoms with E-state index in [0.717, 1.165) is 16.7 Å². The number of alkyl halides is 3. The molecule has 0 aliphatic heterocycles. The fourth-order valence-electron chi connectivity index (χ4n) is 3.47. The van der Waals surface area contributed by atoms with Crippen LogP contribution in [0.3, 0.4) is 0 Å². The standard InChI is InChI=1S/C24H20F3N5O5/c1-32-21(13-4-2-5-14(8-13)24(25,26)27)31-20-16(6-3-7-17(20)23(32)36)22(35)30-18-9-28-10-19(29-18)37-12-15(34)11-33/h2-10,15,33-34H,11-12H2,1H3,(H,29,30,35). The van der Waals surface area contributed by atoms with Crippen molar-refractivity contribution in [1.29, 1.82) is 0 Å². The molecule has 0 saturated carbocycles. The molecule has 37 heavy (non-hydrogen) atoms. The minimum absolute atomic E-state index is 0.0121. The molecule has 13 heteroatoms. The Morgan fingerprint density at radius 3 is 2.65 bits per heavy atom. The van der Waals surface area contributed by atoms with Crippen LogP contribution in [0.1, 0.15) is 15.9 Å². The Kier molecular flexibility index (Phi) is 7.18. The number of aliphatic hydroxyl groups excluding tert-OH is 2. The van der Waals surface area contributed by atoms with E-state index in [4.69, 9.17) is 9.84 Å². The quantitative estimate of drug-likeness (QED) is 0.341. The number of halogens is 3. The third-order valence-corrected chi connectivity index (χ3v) is 5.29. The van der Waals surface area contributed by atoms with Crippen molar-refractivity contribution >= 4 is 22.6 Å². The predicted molar refractivity (Wildman–Crippen MR) is 126 cm³/mol. The number of aliphatic hydroxyl groups is 2.